The molecule has 0 nitrogen and oxygen atoms in total. The normalized spacial score (nSPS) is 16.9. The van der Waals surface area contributed by atoms with Crippen LogP contribution in [0.1, 0.15) is 67.2 Å². The summed E-state index contributed by atoms with van der Waals surface area (Å²) < 4.78 is 0. The molecule has 0 radical (unpaired) electrons. The summed E-state index contributed by atoms with van der Waals surface area (Å²) in [6.45, 7) is 13.9. The van der Waals surface area contributed by atoms with Gasteiger partial charge in [0.25, 0.3) is 0 Å². The van der Waals surface area contributed by atoms with Gasteiger partial charge in [-0.25, -0.2) is 0 Å². The second kappa shape index (κ2) is 7.96. The second-order valence-corrected chi connectivity index (χ2v) is 5.11. The van der Waals surface area contributed by atoms with Gasteiger partial charge in [-0.15, -0.1) is 0 Å². The Bertz CT molecular complexity index is 176. The third kappa shape index (κ3) is 5.39. The summed E-state index contributed by atoms with van der Waals surface area (Å²) in [5, 5.41) is 0. The van der Waals surface area contributed by atoms with Crippen LogP contribution in [-0.2, 0) is 0 Å². The van der Waals surface area contributed by atoms with Gasteiger partial charge in [-0.05, 0) is 37.0 Å². The molecule has 0 aromatic carbocycles. The SMILES string of the molecule is CCC=C(CC(CC)C(C)C)C(C)CC. The lowest BCUT2D eigenvalue weighted by Gasteiger charge is -2.23. The summed E-state index contributed by atoms with van der Waals surface area (Å²) in [4.78, 5) is 0. The molecule has 0 aromatic rings. The molecule has 0 N–H and O–H groups in total. The molecule has 2 atom stereocenters. The first-order valence-corrected chi connectivity index (χ1v) is 6.75. The van der Waals surface area contributed by atoms with Gasteiger partial charge in [0.1, 0.15) is 0 Å². The van der Waals surface area contributed by atoms with Crippen LogP contribution in [-0.4, -0.2) is 0 Å². The van der Waals surface area contributed by atoms with Crippen LogP contribution in [0, 0.1) is 17.8 Å². The molecule has 0 heteroatoms. The molecule has 0 heterocycles. The Labute approximate surface area is 97.2 Å². The third-order valence-corrected chi connectivity index (χ3v) is 3.68. The highest BCUT2D eigenvalue weighted by Gasteiger charge is 2.15. The van der Waals surface area contributed by atoms with E-state index in [1.54, 1.807) is 5.57 Å². The Hall–Kier alpha value is -0.260. The summed E-state index contributed by atoms with van der Waals surface area (Å²) in [6, 6.07) is 0. The molecule has 0 amide bonds. The lowest BCUT2D eigenvalue weighted by molar-refractivity contribution is 0.357. The molecule has 0 fully saturated rings. The van der Waals surface area contributed by atoms with Crippen LogP contribution in [0.4, 0.5) is 0 Å². The standard InChI is InChI=1S/C15H30/c1-7-10-15(13(6)8-2)11-14(9-3)12(4)5/h10,12-14H,7-9,11H2,1-6H3. The van der Waals surface area contributed by atoms with Crippen LogP contribution in [0.25, 0.3) is 0 Å². The molecule has 0 aliphatic carbocycles. The smallest absolute Gasteiger partial charge is 0.0234 e. The van der Waals surface area contributed by atoms with E-state index in [1.165, 1.54) is 25.7 Å². The van der Waals surface area contributed by atoms with Crippen molar-refractivity contribution in [2.45, 2.75) is 67.2 Å². The lowest BCUT2D eigenvalue weighted by Crippen LogP contribution is -2.11. The van der Waals surface area contributed by atoms with Crippen molar-refractivity contribution in [2.24, 2.45) is 17.8 Å². The predicted octanol–water partition coefficient (Wildman–Crippen LogP) is 5.44. The highest BCUT2D eigenvalue weighted by Crippen LogP contribution is 2.28. The van der Waals surface area contributed by atoms with Gasteiger partial charge in [-0.3, -0.25) is 0 Å². The molecule has 15 heavy (non-hydrogen) atoms. The Kier molecular flexibility index (Phi) is 7.82. The van der Waals surface area contributed by atoms with Gasteiger partial charge >= 0.3 is 0 Å². The minimum absolute atomic E-state index is 0.776. The van der Waals surface area contributed by atoms with Crippen molar-refractivity contribution in [1.29, 1.82) is 0 Å². The van der Waals surface area contributed by atoms with E-state index in [0.29, 0.717) is 0 Å². The van der Waals surface area contributed by atoms with Gasteiger partial charge in [-0.1, -0.05) is 59.6 Å². The first kappa shape index (κ1) is 14.7. The third-order valence-electron chi connectivity index (χ3n) is 3.68. The van der Waals surface area contributed by atoms with Crippen molar-refractivity contribution < 1.29 is 0 Å². The van der Waals surface area contributed by atoms with E-state index in [0.717, 1.165) is 17.8 Å². The summed E-state index contributed by atoms with van der Waals surface area (Å²) in [6.07, 6.45) is 7.56. The highest BCUT2D eigenvalue weighted by atomic mass is 14.2. The molecule has 0 spiro atoms. The van der Waals surface area contributed by atoms with E-state index < -0.39 is 0 Å². The molecule has 2 unspecified atom stereocenters. The fourth-order valence-electron chi connectivity index (χ4n) is 2.16. The van der Waals surface area contributed by atoms with E-state index in [1.807, 2.05) is 0 Å². The Morgan fingerprint density at radius 1 is 1.00 bits per heavy atom. The fraction of sp³-hybridized carbons (Fsp3) is 0.867. The van der Waals surface area contributed by atoms with Crippen LogP contribution < -0.4 is 0 Å². The number of rotatable bonds is 7. The van der Waals surface area contributed by atoms with E-state index in [-0.39, 0.29) is 0 Å². The molecule has 0 aliphatic rings. The minimum atomic E-state index is 0.776. The zero-order chi connectivity index (χ0) is 11.8. The van der Waals surface area contributed by atoms with E-state index in [4.69, 9.17) is 0 Å². The van der Waals surface area contributed by atoms with Gasteiger partial charge in [0.2, 0.25) is 0 Å². The van der Waals surface area contributed by atoms with Gasteiger partial charge in [0.05, 0.1) is 0 Å². The van der Waals surface area contributed by atoms with Crippen molar-refractivity contribution in [3.8, 4) is 0 Å². The van der Waals surface area contributed by atoms with Crippen molar-refractivity contribution in [1.82, 2.24) is 0 Å². The van der Waals surface area contributed by atoms with Crippen LogP contribution in [0.5, 0.6) is 0 Å². The quantitative estimate of drug-likeness (QED) is 0.491. The van der Waals surface area contributed by atoms with E-state index in [2.05, 4.69) is 47.6 Å². The molecule has 0 saturated heterocycles. The van der Waals surface area contributed by atoms with Crippen LogP contribution >= 0.6 is 0 Å². The zero-order valence-electron chi connectivity index (χ0n) is 11.6. The zero-order valence-corrected chi connectivity index (χ0v) is 11.6. The summed E-state index contributed by atoms with van der Waals surface area (Å²) in [5.74, 6) is 2.47. The van der Waals surface area contributed by atoms with Crippen LogP contribution in [0.3, 0.4) is 0 Å². The Balaban J connectivity index is 4.45. The molecule has 90 valence electrons. The molecule has 0 aromatic heterocycles. The Morgan fingerprint density at radius 2 is 1.60 bits per heavy atom. The van der Waals surface area contributed by atoms with E-state index >= 15 is 0 Å². The van der Waals surface area contributed by atoms with Gasteiger partial charge in [0, 0.05) is 0 Å². The maximum atomic E-state index is 2.46. The number of allylic oxidation sites excluding steroid dienone is 2. The van der Waals surface area contributed by atoms with Crippen LogP contribution in [0.2, 0.25) is 0 Å². The Morgan fingerprint density at radius 3 is 1.93 bits per heavy atom. The number of hydrogen-bond acceptors (Lipinski definition) is 0. The lowest BCUT2D eigenvalue weighted by atomic mass is 9.82. The topological polar surface area (TPSA) is 0 Å². The largest absolute Gasteiger partial charge is 0.0853 e. The van der Waals surface area contributed by atoms with Crippen molar-refractivity contribution in [2.75, 3.05) is 0 Å². The average Bonchev–Trinajstić information content (AvgIpc) is 2.22. The molecule has 0 saturated carbocycles. The maximum Gasteiger partial charge on any atom is -0.0234 e. The van der Waals surface area contributed by atoms with E-state index in [9.17, 15) is 0 Å². The van der Waals surface area contributed by atoms with Crippen molar-refractivity contribution >= 4 is 0 Å². The summed E-state index contributed by atoms with van der Waals surface area (Å²) in [5.41, 5.74) is 1.69. The predicted molar refractivity (Wildman–Crippen MR) is 71.1 cm³/mol. The molecular weight excluding hydrogens is 180 g/mol. The van der Waals surface area contributed by atoms with Crippen molar-refractivity contribution in [3.05, 3.63) is 11.6 Å². The molecule has 0 aliphatic heterocycles. The van der Waals surface area contributed by atoms with Gasteiger partial charge in [0.15, 0.2) is 0 Å². The number of hydrogen-bond donors (Lipinski definition) is 0. The van der Waals surface area contributed by atoms with Gasteiger partial charge in [-0.2, -0.15) is 0 Å². The van der Waals surface area contributed by atoms with Gasteiger partial charge < -0.3 is 0 Å². The first-order valence-electron chi connectivity index (χ1n) is 6.75. The summed E-state index contributed by atoms with van der Waals surface area (Å²) in [7, 11) is 0. The molecule has 0 bridgehead atoms. The van der Waals surface area contributed by atoms with Crippen molar-refractivity contribution in [3.63, 3.8) is 0 Å². The second-order valence-electron chi connectivity index (χ2n) is 5.11. The highest BCUT2D eigenvalue weighted by molar-refractivity contribution is 5.06. The average molecular weight is 210 g/mol. The first-order chi connectivity index (χ1) is 7.06. The fourth-order valence-corrected chi connectivity index (χ4v) is 2.16. The molecule has 0 rings (SSSR count). The van der Waals surface area contributed by atoms with Crippen LogP contribution in [0.15, 0.2) is 11.6 Å². The monoisotopic (exact) mass is 210 g/mol. The minimum Gasteiger partial charge on any atom is -0.0853 e. The molecular formula is C15H30. The summed E-state index contributed by atoms with van der Waals surface area (Å²) >= 11 is 0. The maximum absolute atomic E-state index is 2.46.